The summed E-state index contributed by atoms with van der Waals surface area (Å²) in [7, 11) is 0. The molecule has 0 atom stereocenters. The van der Waals surface area contributed by atoms with Crippen molar-refractivity contribution in [3.8, 4) is 0 Å². The van der Waals surface area contributed by atoms with Gasteiger partial charge in [-0.3, -0.25) is 20.2 Å². The minimum Gasteiger partial charge on any atom is -0.307 e. The molecule has 1 heterocycles. The monoisotopic (exact) mass is 371 g/mol. The Kier molecular flexibility index (Phi) is 4.99. The van der Waals surface area contributed by atoms with Crippen molar-refractivity contribution in [3.63, 3.8) is 0 Å². The van der Waals surface area contributed by atoms with E-state index < -0.39 is 9.85 Å². The molecule has 0 fully saturated rings. The zero-order chi connectivity index (χ0) is 15.4. The molecule has 0 unspecified atom stereocenters. The fourth-order valence-electron chi connectivity index (χ4n) is 1.75. The number of non-ortho nitro benzene ring substituents is 1. The van der Waals surface area contributed by atoms with Crippen molar-refractivity contribution in [2.24, 2.45) is 0 Å². The normalized spacial score (nSPS) is 10.5. The smallest absolute Gasteiger partial charge is 0.280 e. The molecule has 2 rings (SSSR count). The number of nitrogens with one attached hydrogen (secondary N) is 1. The van der Waals surface area contributed by atoms with Crippen LogP contribution in [0.15, 0.2) is 34.1 Å². The molecule has 0 saturated heterocycles. The van der Waals surface area contributed by atoms with Gasteiger partial charge >= 0.3 is 0 Å². The van der Waals surface area contributed by atoms with E-state index in [9.17, 15) is 20.2 Å². The van der Waals surface area contributed by atoms with Crippen LogP contribution in [0.25, 0.3) is 0 Å². The first-order chi connectivity index (χ1) is 9.99. The van der Waals surface area contributed by atoms with Gasteiger partial charge in [0.2, 0.25) is 0 Å². The van der Waals surface area contributed by atoms with Crippen molar-refractivity contribution in [1.29, 1.82) is 0 Å². The highest BCUT2D eigenvalue weighted by atomic mass is 79.9. The maximum Gasteiger partial charge on any atom is 0.280 e. The van der Waals surface area contributed by atoms with Crippen LogP contribution in [0.5, 0.6) is 0 Å². The van der Waals surface area contributed by atoms with Crippen LogP contribution < -0.4 is 5.32 Å². The third kappa shape index (κ3) is 3.84. The van der Waals surface area contributed by atoms with Gasteiger partial charge < -0.3 is 5.32 Å². The second-order valence-corrected chi connectivity index (χ2v) is 5.98. The fourth-order valence-corrected chi connectivity index (χ4v) is 3.21. The highest BCUT2D eigenvalue weighted by molar-refractivity contribution is 9.10. The molecule has 9 heteroatoms. The van der Waals surface area contributed by atoms with Crippen molar-refractivity contribution in [2.75, 3.05) is 0 Å². The number of nitrogens with zero attached hydrogens (tertiary/aromatic N) is 2. The van der Waals surface area contributed by atoms with Crippen LogP contribution in [0.4, 0.5) is 11.4 Å². The molecule has 1 aromatic heterocycles. The van der Waals surface area contributed by atoms with Gasteiger partial charge in [0.15, 0.2) is 0 Å². The molecule has 21 heavy (non-hydrogen) atoms. The van der Waals surface area contributed by atoms with E-state index in [0.717, 1.165) is 15.4 Å². The molecule has 110 valence electrons. The van der Waals surface area contributed by atoms with Crippen LogP contribution in [0.3, 0.4) is 0 Å². The van der Waals surface area contributed by atoms with E-state index in [1.165, 1.54) is 12.1 Å². The summed E-state index contributed by atoms with van der Waals surface area (Å²) >= 11 is 4.97. The number of thiophene rings is 1. The Hall–Kier alpha value is -1.84. The average Bonchev–Trinajstić information content (AvgIpc) is 2.84. The van der Waals surface area contributed by atoms with Crippen LogP contribution in [0.1, 0.15) is 10.4 Å². The number of rotatable bonds is 6. The van der Waals surface area contributed by atoms with Crippen molar-refractivity contribution in [3.05, 3.63) is 64.8 Å². The number of hydrogen-bond acceptors (Lipinski definition) is 6. The van der Waals surface area contributed by atoms with Crippen LogP contribution in [-0.2, 0) is 13.1 Å². The highest BCUT2D eigenvalue weighted by Gasteiger charge is 2.18. The molecule has 1 N–H and O–H groups in total. The first kappa shape index (κ1) is 15.5. The lowest BCUT2D eigenvalue weighted by molar-refractivity contribution is -0.394. The van der Waals surface area contributed by atoms with Gasteiger partial charge in [-0.2, -0.15) is 0 Å². The van der Waals surface area contributed by atoms with Gasteiger partial charge in [0, 0.05) is 34.1 Å². The molecule has 0 amide bonds. The van der Waals surface area contributed by atoms with Gasteiger partial charge in [0.05, 0.1) is 15.9 Å². The standard InChI is InChI=1S/C12H10BrN3O4S/c13-10-3-4-21-12(10)7-14-6-8-1-2-9(15(17)18)5-11(8)16(19)20/h1-5,14H,6-7H2. The summed E-state index contributed by atoms with van der Waals surface area (Å²) in [5.41, 5.74) is -0.119. The molecule has 7 nitrogen and oxygen atoms in total. The zero-order valence-corrected chi connectivity index (χ0v) is 13.0. The van der Waals surface area contributed by atoms with Gasteiger partial charge in [-0.1, -0.05) is 0 Å². The molecule has 2 aromatic rings. The molecule has 0 radical (unpaired) electrons. The maximum absolute atomic E-state index is 11.0. The minimum atomic E-state index is -0.646. The summed E-state index contributed by atoms with van der Waals surface area (Å²) in [6, 6.07) is 5.59. The zero-order valence-electron chi connectivity index (χ0n) is 10.6. The Morgan fingerprint density at radius 3 is 2.48 bits per heavy atom. The lowest BCUT2D eigenvalue weighted by Crippen LogP contribution is -2.13. The third-order valence-electron chi connectivity index (χ3n) is 2.77. The summed E-state index contributed by atoms with van der Waals surface area (Å²) in [5.74, 6) is 0. The van der Waals surface area contributed by atoms with Gasteiger partial charge in [-0.05, 0) is 33.4 Å². The van der Waals surface area contributed by atoms with Crippen molar-refractivity contribution < 1.29 is 9.85 Å². The van der Waals surface area contributed by atoms with Crippen molar-refractivity contribution >= 4 is 38.6 Å². The Morgan fingerprint density at radius 2 is 1.90 bits per heavy atom. The molecule has 0 spiro atoms. The minimum absolute atomic E-state index is 0.248. The Labute approximate surface area is 132 Å². The summed E-state index contributed by atoms with van der Waals surface area (Å²) in [6.45, 7) is 0.824. The molecule has 0 aliphatic carbocycles. The van der Waals surface area contributed by atoms with E-state index in [-0.39, 0.29) is 17.9 Å². The Balaban J connectivity index is 2.10. The molecule has 0 saturated carbocycles. The first-order valence-electron chi connectivity index (χ1n) is 5.83. The summed E-state index contributed by atoms with van der Waals surface area (Å²) in [5, 5.41) is 26.7. The number of nitro groups is 2. The number of halogens is 1. The van der Waals surface area contributed by atoms with E-state index in [0.29, 0.717) is 12.1 Å². The summed E-state index contributed by atoms with van der Waals surface area (Å²) < 4.78 is 0.984. The maximum atomic E-state index is 11.0. The van der Waals surface area contributed by atoms with Gasteiger partial charge in [0.1, 0.15) is 0 Å². The second-order valence-electron chi connectivity index (χ2n) is 4.12. The highest BCUT2D eigenvalue weighted by Crippen LogP contribution is 2.25. The lowest BCUT2D eigenvalue weighted by Gasteiger charge is -2.05. The van der Waals surface area contributed by atoms with Gasteiger partial charge in [0.25, 0.3) is 11.4 Å². The van der Waals surface area contributed by atoms with E-state index in [1.54, 1.807) is 11.3 Å². The molecular weight excluding hydrogens is 362 g/mol. The van der Waals surface area contributed by atoms with Crippen LogP contribution >= 0.6 is 27.3 Å². The molecular formula is C12H10BrN3O4S. The predicted molar refractivity (Wildman–Crippen MR) is 82.3 cm³/mol. The molecule has 0 aliphatic heterocycles. The van der Waals surface area contributed by atoms with E-state index in [2.05, 4.69) is 21.2 Å². The van der Waals surface area contributed by atoms with Crippen LogP contribution in [-0.4, -0.2) is 9.85 Å². The van der Waals surface area contributed by atoms with E-state index in [1.807, 2.05) is 11.4 Å². The average molecular weight is 372 g/mol. The second kappa shape index (κ2) is 6.74. The fraction of sp³-hybridized carbons (Fsp3) is 0.167. The lowest BCUT2D eigenvalue weighted by atomic mass is 10.1. The van der Waals surface area contributed by atoms with Crippen molar-refractivity contribution in [1.82, 2.24) is 5.32 Å². The number of benzene rings is 1. The molecule has 1 aromatic carbocycles. The van der Waals surface area contributed by atoms with Gasteiger partial charge in [-0.25, -0.2) is 0 Å². The largest absolute Gasteiger partial charge is 0.307 e. The Bertz CT molecular complexity index is 689. The van der Waals surface area contributed by atoms with E-state index >= 15 is 0 Å². The van der Waals surface area contributed by atoms with Crippen LogP contribution in [0.2, 0.25) is 0 Å². The third-order valence-corrected chi connectivity index (χ3v) is 4.69. The van der Waals surface area contributed by atoms with Crippen molar-refractivity contribution in [2.45, 2.75) is 13.1 Å². The quantitative estimate of drug-likeness (QED) is 0.617. The summed E-state index contributed by atoms with van der Waals surface area (Å²) in [4.78, 5) is 21.5. The topological polar surface area (TPSA) is 98.3 Å². The number of nitro benzene ring substituents is 2. The summed E-state index contributed by atoms with van der Waals surface area (Å²) in [6.07, 6.45) is 0. The van der Waals surface area contributed by atoms with Gasteiger partial charge in [-0.15, -0.1) is 11.3 Å². The molecule has 0 aliphatic rings. The predicted octanol–water partition coefficient (Wildman–Crippen LogP) is 3.62. The number of hydrogen-bond donors (Lipinski definition) is 1. The van der Waals surface area contributed by atoms with Crippen LogP contribution in [0, 0.1) is 20.2 Å². The molecule has 0 bridgehead atoms. The first-order valence-corrected chi connectivity index (χ1v) is 7.50. The SMILES string of the molecule is O=[N+]([O-])c1ccc(CNCc2sccc2Br)c([N+](=O)[O-])c1. The Morgan fingerprint density at radius 1 is 1.14 bits per heavy atom. The van der Waals surface area contributed by atoms with E-state index in [4.69, 9.17) is 0 Å².